The first kappa shape index (κ1) is 19.8. The molecule has 0 heterocycles. The molecule has 1 unspecified atom stereocenters. The van der Waals surface area contributed by atoms with Crippen molar-refractivity contribution in [3.05, 3.63) is 51.7 Å². The van der Waals surface area contributed by atoms with Crippen LogP contribution < -0.4 is 5.19 Å². The van der Waals surface area contributed by atoms with Crippen LogP contribution in [0.4, 0.5) is 26.3 Å². The highest BCUT2D eigenvalue weighted by molar-refractivity contribution is 6.96. The number of hydrogen-bond donors (Lipinski definition) is 0. The van der Waals surface area contributed by atoms with E-state index in [4.69, 9.17) is 0 Å². The lowest BCUT2D eigenvalue weighted by Gasteiger charge is -2.30. The third kappa shape index (κ3) is 3.71. The lowest BCUT2D eigenvalue weighted by atomic mass is 10.1. The lowest BCUT2D eigenvalue weighted by molar-refractivity contribution is -0.142. The van der Waals surface area contributed by atoms with E-state index in [9.17, 15) is 26.3 Å². The summed E-state index contributed by atoms with van der Waals surface area (Å²) in [5, 5.41) is 1.14. The molecule has 1 aliphatic carbocycles. The van der Waals surface area contributed by atoms with E-state index in [0.29, 0.717) is 0 Å². The van der Waals surface area contributed by atoms with Crippen molar-refractivity contribution >= 4 is 13.3 Å². The smallest absolute Gasteiger partial charge is 0.166 e. The normalized spacial score (nSPS) is 19.5. The zero-order valence-electron chi connectivity index (χ0n) is 14.7. The Morgan fingerprint density at radius 1 is 0.840 bits per heavy atom. The fraction of sp³-hybridized carbons (Fsp3) is 0.444. The molecule has 1 atom stereocenters. The number of rotatable bonds is 2. The minimum atomic E-state index is -4.82. The van der Waals surface area contributed by atoms with Gasteiger partial charge in [-0.3, -0.25) is 0 Å². The average molecular weight is 378 g/mol. The Bertz CT molecular complexity index is 718. The quantitative estimate of drug-likeness (QED) is 0.431. The molecule has 0 saturated carbocycles. The van der Waals surface area contributed by atoms with Crippen LogP contribution in [-0.2, 0) is 12.4 Å². The number of hydrogen-bond acceptors (Lipinski definition) is 0. The van der Waals surface area contributed by atoms with Crippen LogP contribution >= 0.6 is 0 Å². The van der Waals surface area contributed by atoms with Crippen molar-refractivity contribution in [2.24, 2.45) is 5.92 Å². The summed E-state index contributed by atoms with van der Waals surface area (Å²) in [7, 11) is -2.71. The molecule has 0 bridgehead atoms. The van der Waals surface area contributed by atoms with Gasteiger partial charge in [0.15, 0.2) is 0 Å². The maximum atomic E-state index is 13.1. The van der Waals surface area contributed by atoms with Crippen molar-refractivity contribution in [2.75, 3.05) is 0 Å². The summed E-state index contributed by atoms with van der Waals surface area (Å²) in [6.45, 7) is 9.35. The summed E-state index contributed by atoms with van der Waals surface area (Å²) in [5.41, 5.74) is -0.473. The Morgan fingerprint density at radius 3 is 1.60 bits per heavy atom. The number of halogens is 6. The Balaban J connectivity index is 2.70. The van der Waals surface area contributed by atoms with E-state index in [1.807, 2.05) is 39.9 Å². The maximum Gasteiger partial charge on any atom is 0.416 e. The Morgan fingerprint density at radius 2 is 1.28 bits per heavy atom. The Kier molecular flexibility index (Phi) is 4.79. The second-order valence-electron chi connectivity index (χ2n) is 7.10. The molecule has 1 aliphatic rings. The zero-order chi connectivity index (χ0) is 19.4. The molecule has 0 radical (unpaired) electrons. The highest BCUT2D eigenvalue weighted by Gasteiger charge is 2.41. The van der Waals surface area contributed by atoms with E-state index >= 15 is 0 Å². The standard InChI is InChI=1S/C18H20F6Si/c1-10-6-11(2)16(12(10)3)25(4,5)15-8-13(17(19,20)21)7-14(9-15)18(22,23)24/h6-9,11H,1-5H3. The first-order valence-electron chi connectivity index (χ1n) is 7.85. The van der Waals surface area contributed by atoms with E-state index in [-0.39, 0.29) is 17.2 Å². The van der Waals surface area contributed by atoms with Crippen LogP contribution in [-0.4, -0.2) is 8.07 Å². The van der Waals surface area contributed by atoms with E-state index in [0.717, 1.165) is 28.5 Å². The number of benzene rings is 1. The highest BCUT2D eigenvalue weighted by Crippen LogP contribution is 2.39. The Labute approximate surface area is 144 Å². The van der Waals surface area contributed by atoms with E-state index in [2.05, 4.69) is 0 Å². The van der Waals surface area contributed by atoms with Crippen molar-refractivity contribution in [2.45, 2.75) is 46.2 Å². The monoisotopic (exact) mass is 378 g/mol. The first-order valence-corrected chi connectivity index (χ1v) is 10.9. The molecule has 0 amide bonds. The van der Waals surface area contributed by atoms with Crippen LogP contribution in [0.2, 0.25) is 13.1 Å². The van der Waals surface area contributed by atoms with Gasteiger partial charge in [-0.1, -0.05) is 59.8 Å². The van der Waals surface area contributed by atoms with Gasteiger partial charge in [-0.05, 0) is 25.8 Å². The van der Waals surface area contributed by atoms with E-state index < -0.39 is 31.6 Å². The van der Waals surface area contributed by atoms with Gasteiger partial charge in [0.25, 0.3) is 0 Å². The van der Waals surface area contributed by atoms with Gasteiger partial charge in [0.2, 0.25) is 0 Å². The van der Waals surface area contributed by atoms with Gasteiger partial charge >= 0.3 is 12.4 Å². The second kappa shape index (κ2) is 6.04. The zero-order valence-corrected chi connectivity index (χ0v) is 15.7. The van der Waals surface area contributed by atoms with Crippen molar-refractivity contribution in [1.29, 1.82) is 0 Å². The molecule has 0 spiro atoms. The van der Waals surface area contributed by atoms with Gasteiger partial charge in [-0.2, -0.15) is 26.3 Å². The molecule has 1 aromatic rings. The third-order valence-electron chi connectivity index (χ3n) is 4.93. The predicted octanol–water partition coefficient (Wildman–Crippen LogP) is 6.09. The van der Waals surface area contributed by atoms with Gasteiger partial charge in [0.1, 0.15) is 8.07 Å². The highest BCUT2D eigenvalue weighted by atomic mass is 28.3. The number of alkyl halides is 6. The molecule has 25 heavy (non-hydrogen) atoms. The molecule has 1 aromatic carbocycles. The largest absolute Gasteiger partial charge is 0.416 e. The maximum absolute atomic E-state index is 13.1. The van der Waals surface area contributed by atoms with Crippen molar-refractivity contribution in [3.63, 3.8) is 0 Å². The van der Waals surface area contributed by atoms with Gasteiger partial charge < -0.3 is 0 Å². The Hall–Kier alpha value is -1.50. The van der Waals surface area contributed by atoms with Crippen LogP contribution in [0.15, 0.2) is 40.6 Å². The molecule has 0 N–H and O–H groups in total. The SMILES string of the molecule is CC1=CC(C)C([Si](C)(C)c2cc(C(F)(F)F)cc(C(F)(F)F)c2)=C1C. The first-order chi connectivity index (χ1) is 11.2. The fourth-order valence-corrected chi connectivity index (χ4v) is 7.35. The van der Waals surface area contributed by atoms with Crippen LogP contribution in [0, 0.1) is 5.92 Å². The topological polar surface area (TPSA) is 0 Å². The summed E-state index contributed by atoms with van der Waals surface area (Å²) < 4.78 is 78.9. The van der Waals surface area contributed by atoms with Gasteiger partial charge in [-0.25, -0.2) is 0 Å². The average Bonchev–Trinajstić information content (AvgIpc) is 2.70. The minimum absolute atomic E-state index is 0.0190. The molecule has 0 aromatic heterocycles. The summed E-state index contributed by atoms with van der Waals surface area (Å²) in [4.78, 5) is 0. The lowest BCUT2D eigenvalue weighted by Crippen LogP contribution is -2.46. The van der Waals surface area contributed by atoms with Crippen molar-refractivity contribution in [3.8, 4) is 0 Å². The molecule has 138 valence electrons. The van der Waals surface area contributed by atoms with E-state index in [1.165, 1.54) is 0 Å². The summed E-state index contributed by atoms with van der Waals surface area (Å²) in [6.07, 6.45) is -7.63. The van der Waals surface area contributed by atoms with Crippen LogP contribution in [0.3, 0.4) is 0 Å². The molecule has 0 nitrogen and oxygen atoms in total. The minimum Gasteiger partial charge on any atom is -0.166 e. The molecular formula is C18H20F6Si. The van der Waals surface area contributed by atoms with Gasteiger partial charge in [0.05, 0.1) is 11.1 Å². The predicted molar refractivity (Wildman–Crippen MR) is 89.2 cm³/mol. The molecule has 0 aliphatic heterocycles. The molecule has 7 heteroatoms. The van der Waals surface area contributed by atoms with Crippen LogP contribution in [0.25, 0.3) is 0 Å². The molecule has 0 saturated heterocycles. The summed E-state index contributed by atoms with van der Waals surface area (Å²) in [5.74, 6) is 0.0190. The van der Waals surface area contributed by atoms with Crippen LogP contribution in [0.5, 0.6) is 0 Å². The van der Waals surface area contributed by atoms with Crippen molar-refractivity contribution in [1.82, 2.24) is 0 Å². The fourth-order valence-electron chi connectivity index (χ4n) is 3.65. The summed E-state index contributed by atoms with van der Waals surface area (Å²) in [6, 6.07) is 1.97. The molecule has 2 rings (SSSR count). The molecular weight excluding hydrogens is 358 g/mol. The third-order valence-corrected chi connectivity index (χ3v) is 8.84. The second-order valence-corrected chi connectivity index (χ2v) is 11.5. The van der Waals surface area contributed by atoms with Gasteiger partial charge in [-0.15, -0.1) is 0 Å². The van der Waals surface area contributed by atoms with E-state index in [1.54, 1.807) is 0 Å². The summed E-state index contributed by atoms with van der Waals surface area (Å²) >= 11 is 0. The van der Waals surface area contributed by atoms with Gasteiger partial charge in [0, 0.05) is 0 Å². The van der Waals surface area contributed by atoms with Crippen molar-refractivity contribution < 1.29 is 26.3 Å². The molecule has 0 fully saturated rings. The van der Waals surface area contributed by atoms with Crippen LogP contribution in [0.1, 0.15) is 31.9 Å². The number of allylic oxidation sites excluding steroid dienone is 4.